The maximum Gasteiger partial charge on any atom is 0.151 e. The van der Waals surface area contributed by atoms with Crippen LogP contribution in [0.1, 0.15) is 25.7 Å². The summed E-state index contributed by atoms with van der Waals surface area (Å²) in [5.41, 5.74) is 0. The molecule has 15 heavy (non-hydrogen) atoms. The number of hydrogen-bond donors (Lipinski definition) is 1. The van der Waals surface area contributed by atoms with Crippen molar-refractivity contribution in [1.29, 1.82) is 0 Å². The summed E-state index contributed by atoms with van der Waals surface area (Å²) < 4.78 is 23.1. The van der Waals surface area contributed by atoms with Gasteiger partial charge in [-0.25, -0.2) is 8.42 Å². The highest BCUT2D eigenvalue weighted by molar-refractivity contribution is 7.91. The van der Waals surface area contributed by atoms with Crippen LogP contribution in [-0.4, -0.2) is 32.5 Å². The van der Waals surface area contributed by atoms with E-state index in [0.29, 0.717) is 11.6 Å². The smallest absolute Gasteiger partial charge is 0.151 e. The van der Waals surface area contributed by atoms with Gasteiger partial charge in [-0.3, -0.25) is 0 Å². The van der Waals surface area contributed by atoms with E-state index in [1.54, 1.807) is 0 Å². The van der Waals surface area contributed by atoms with Crippen LogP contribution in [0.5, 0.6) is 0 Å². The first-order valence-corrected chi connectivity index (χ1v) is 7.50. The van der Waals surface area contributed by atoms with Crippen molar-refractivity contribution in [3.63, 3.8) is 0 Å². The van der Waals surface area contributed by atoms with E-state index < -0.39 is 9.84 Å². The molecule has 2 atom stereocenters. The van der Waals surface area contributed by atoms with Crippen LogP contribution in [0.15, 0.2) is 11.6 Å². The van der Waals surface area contributed by atoms with E-state index in [-0.39, 0.29) is 11.3 Å². The summed E-state index contributed by atoms with van der Waals surface area (Å²) in [5.74, 6) is 0. The number of halogens is 1. The predicted molar refractivity (Wildman–Crippen MR) is 63.9 cm³/mol. The van der Waals surface area contributed by atoms with Crippen molar-refractivity contribution in [3.8, 4) is 0 Å². The molecule has 0 bridgehead atoms. The normalized spacial score (nSPS) is 27.6. The quantitative estimate of drug-likeness (QED) is 0.827. The highest BCUT2D eigenvalue weighted by atomic mass is 35.5. The van der Waals surface area contributed by atoms with E-state index >= 15 is 0 Å². The Morgan fingerprint density at radius 1 is 1.47 bits per heavy atom. The van der Waals surface area contributed by atoms with Gasteiger partial charge in [0.15, 0.2) is 9.84 Å². The first kappa shape index (κ1) is 13.0. The molecule has 88 valence electrons. The highest BCUT2D eigenvalue weighted by Crippen LogP contribution is 2.24. The maximum atomic E-state index is 11.5. The maximum absolute atomic E-state index is 11.5. The lowest BCUT2D eigenvalue weighted by Crippen LogP contribution is -2.46. The van der Waals surface area contributed by atoms with Gasteiger partial charge in [-0.15, -0.1) is 0 Å². The topological polar surface area (TPSA) is 46.2 Å². The average molecular weight is 252 g/mol. The fourth-order valence-corrected chi connectivity index (χ4v) is 3.59. The molecule has 0 amide bonds. The zero-order valence-corrected chi connectivity index (χ0v) is 10.6. The van der Waals surface area contributed by atoms with E-state index in [4.69, 9.17) is 11.6 Å². The van der Waals surface area contributed by atoms with Gasteiger partial charge in [-0.2, -0.15) is 0 Å². The van der Waals surface area contributed by atoms with Crippen molar-refractivity contribution >= 4 is 21.4 Å². The van der Waals surface area contributed by atoms with E-state index in [1.165, 1.54) is 6.26 Å². The van der Waals surface area contributed by atoms with Crippen LogP contribution in [0.2, 0.25) is 0 Å². The second-order valence-electron chi connectivity index (χ2n) is 4.16. The van der Waals surface area contributed by atoms with Crippen LogP contribution in [0.3, 0.4) is 0 Å². The van der Waals surface area contributed by atoms with Gasteiger partial charge in [0.1, 0.15) is 0 Å². The van der Waals surface area contributed by atoms with Crippen molar-refractivity contribution < 1.29 is 8.42 Å². The lowest BCUT2D eigenvalue weighted by molar-refractivity contribution is 0.381. The minimum absolute atomic E-state index is 0.0317. The molecule has 0 aliphatic heterocycles. The van der Waals surface area contributed by atoms with Gasteiger partial charge in [-0.05, 0) is 12.8 Å². The number of nitrogens with one attached hydrogen (secondary N) is 1. The third-order valence-electron chi connectivity index (χ3n) is 2.81. The molecule has 1 aliphatic carbocycles. The van der Waals surface area contributed by atoms with Gasteiger partial charge >= 0.3 is 0 Å². The molecule has 1 saturated carbocycles. The van der Waals surface area contributed by atoms with Crippen LogP contribution in [0, 0.1) is 0 Å². The Morgan fingerprint density at radius 2 is 2.07 bits per heavy atom. The molecule has 0 aromatic carbocycles. The van der Waals surface area contributed by atoms with Crippen LogP contribution in [0.25, 0.3) is 0 Å². The summed E-state index contributed by atoms with van der Waals surface area (Å²) in [4.78, 5) is 0. The summed E-state index contributed by atoms with van der Waals surface area (Å²) in [7, 11) is -2.96. The van der Waals surface area contributed by atoms with Crippen molar-refractivity contribution in [2.45, 2.75) is 37.0 Å². The SMILES string of the molecule is C=C(Cl)CNC1CCCCC1S(C)(=O)=O. The molecule has 1 fully saturated rings. The van der Waals surface area contributed by atoms with Crippen LogP contribution >= 0.6 is 11.6 Å². The fourth-order valence-electron chi connectivity index (χ4n) is 2.08. The third kappa shape index (κ3) is 4.13. The Labute approximate surface area is 96.8 Å². The van der Waals surface area contributed by atoms with Gasteiger partial charge in [0.25, 0.3) is 0 Å². The molecule has 0 aromatic heterocycles. The number of hydrogen-bond acceptors (Lipinski definition) is 3. The second kappa shape index (κ2) is 5.32. The Hall–Kier alpha value is -0.0600. The Balaban J connectivity index is 2.62. The van der Waals surface area contributed by atoms with Gasteiger partial charge in [-0.1, -0.05) is 31.0 Å². The second-order valence-corrected chi connectivity index (χ2v) is 6.96. The van der Waals surface area contributed by atoms with E-state index in [9.17, 15) is 8.42 Å². The molecular formula is C10H18ClNO2S. The van der Waals surface area contributed by atoms with Crippen molar-refractivity contribution in [1.82, 2.24) is 5.32 Å². The molecule has 1 rings (SSSR count). The minimum atomic E-state index is -2.96. The van der Waals surface area contributed by atoms with E-state index in [2.05, 4.69) is 11.9 Å². The third-order valence-corrected chi connectivity index (χ3v) is 4.61. The zero-order valence-electron chi connectivity index (χ0n) is 9.00. The monoisotopic (exact) mass is 251 g/mol. The molecular weight excluding hydrogens is 234 g/mol. The summed E-state index contributed by atoms with van der Waals surface area (Å²) in [5, 5.41) is 3.43. The molecule has 0 saturated heterocycles. The summed E-state index contributed by atoms with van der Waals surface area (Å²) in [6.45, 7) is 4.06. The van der Waals surface area contributed by atoms with E-state index in [1.807, 2.05) is 0 Å². The fraction of sp³-hybridized carbons (Fsp3) is 0.800. The zero-order chi connectivity index (χ0) is 11.5. The van der Waals surface area contributed by atoms with Crippen LogP contribution < -0.4 is 5.32 Å². The molecule has 0 heterocycles. The van der Waals surface area contributed by atoms with Gasteiger partial charge in [0.2, 0.25) is 0 Å². The van der Waals surface area contributed by atoms with Crippen LogP contribution in [0.4, 0.5) is 0 Å². The molecule has 2 unspecified atom stereocenters. The molecule has 1 aliphatic rings. The molecule has 3 nitrogen and oxygen atoms in total. The Bertz CT molecular complexity index is 326. The number of sulfone groups is 1. The molecule has 0 spiro atoms. The summed E-state index contributed by atoms with van der Waals surface area (Å²) >= 11 is 5.65. The number of rotatable bonds is 4. The molecule has 5 heteroatoms. The molecule has 0 radical (unpaired) electrons. The van der Waals surface area contributed by atoms with E-state index in [0.717, 1.165) is 25.7 Å². The Kier molecular flexibility index (Phi) is 4.62. The minimum Gasteiger partial charge on any atom is -0.308 e. The van der Waals surface area contributed by atoms with Gasteiger partial charge < -0.3 is 5.32 Å². The Morgan fingerprint density at radius 3 is 2.60 bits per heavy atom. The average Bonchev–Trinajstić information content (AvgIpc) is 2.13. The van der Waals surface area contributed by atoms with Gasteiger partial charge in [0, 0.05) is 23.9 Å². The van der Waals surface area contributed by atoms with Crippen molar-refractivity contribution in [3.05, 3.63) is 11.6 Å². The molecule has 1 N–H and O–H groups in total. The first-order chi connectivity index (χ1) is 6.91. The largest absolute Gasteiger partial charge is 0.308 e. The summed E-state index contributed by atoms with van der Waals surface area (Å²) in [6.07, 6.45) is 5.05. The predicted octanol–water partition coefficient (Wildman–Crippen LogP) is 1.68. The molecule has 0 aromatic rings. The highest BCUT2D eigenvalue weighted by Gasteiger charge is 2.32. The summed E-state index contributed by atoms with van der Waals surface area (Å²) in [6, 6.07) is 0.0317. The lowest BCUT2D eigenvalue weighted by Gasteiger charge is -2.30. The standard InChI is InChI=1S/C10H18ClNO2S/c1-8(11)7-12-9-5-3-4-6-10(9)15(2,13)14/h9-10,12H,1,3-7H2,2H3. The lowest BCUT2D eigenvalue weighted by atomic mass is 9.95. The van der Waals surface area contributed by atoms with Crippen molar-refractivity contribution in [2.24, 2.45) is 0 Å². The van der Waals surface area contributed by atoms with Gasteiger partial charge in [0.05, 0.1) is 5.25 Å². The van der Waals surface area contributed by atoms with Crippen molar-refractivity contribution in [2.75, 3.05) is 12.8 Å². The van der Waals surface area contributed by atoms with Crippen LogP contribution in [-0.2, 0) is 9.84 Å². The first-order valence-electron chi connectivity index (χ1n) is 5.17.